The number of methoxy groups -OCH3 is 1. The molecule has 0 fully saturated rings. The van der Waals surface area contributed by atoms with Crippen LogP contribution in [0.1, 0.15) is 0 Å². The van der Waals surface area contributed by atoms with Gasteiger partial charge in [-0.2, -0.15) is 5.10 Å². The molecule has 0 saturated heterocycles. The molecule has 0 saturated carbocycles. The van der Waals surface area contributed by atoms with Gasteiger partial charge in [-0.25, -0.2) is 4.79 Å². The monoisotopic (exact) mass is 434 g/mol. The number of β-amino-alcohol motifs (C(OH)–C–C–N with tert-alkyl or cyclic N) is 1. The van der Waals surface area contributed by atoms with Crippen LogP contribution in [0.15, 0.2) is 46.2 Å². The van der Waals surface area contributed by atoms with Crippen LogP contribution in [0.25, 0.3) is 11.3 Å². The van der Waals surface area contributed by atoms with E-state index in [0.717, 1.165) is 15.7 Å². The summed E-state index contributed by atoms with van der Waals surface area (Å²) in [5, 5.41) is 16.6. The van der Waals surface area contributed by atoms with Gasteiger partial charge < -0.3 is 20.1 Å². The number of amides is 1. The molecule has 1 amide bonds. The Morgan fingerprint density at radius 2 is 2.22 bits per heavy atom. The van der Waals surface area contributed by atoms with Crippen molar-refractivity contribution in [3.05, 3.63) is 46.2 Å². The third-order valence-corrected chi connectivity index (χ3v) is 4.72. The number of hydrogen-bond acceptors (Lipinski definition) is 6. The van der Waals surface area contributed by atoms with Crippen molar-refractivity contribution in [3.8, 4) is 11.3 Å². The number of hydrogen-bond donors (Lipinski definition) is 2. The summed E-state index contributed by atoms with van der Waals surface area (Å²) in [6.45, 7) is 0.0575. The first-order chi connectivity index (χ1) is 12.9. The summed E-state index contributed by atoms with van der Waals surface area (Å²) in [6.07, 6.45) is 1.85. The van der Waals surface area contributed by atoms with Gasteiger partial charge in [-0.1, -0.05) is 12.1 Å². The molecule has 9 heteroatoms. The second-order valence-corrected chi connectivity index (χ2v) is 6.85. The van der Waals surface area contributed by atoms with Gasteiger partial charge in [0, 0.05) is 31.0 Å². The average molecular weight is 435 g/mol. The number of ether oxygens (including phenoxy) is 1. The van der Waals surface area contributed by atoms with E-state index in [-0.39, 0.29) is 36.9 Å². The number of carbonyl (C=O) groups excluding carboxylic acids is 2. The minimum absolute atomic E-state index is 0.0971. The Kier molecular flexibility index (Phi) is 5.62. The van der Waals surface area contributed by atoms with Crippen molar-refractivity contribution in [1.29, 1.82) is 0 Å². The first-order valence-corrected chi connectivity index (χ1v) is 9.02. The molecule has 2 heterocycles. The standard InChI is InChI=1S/C18H19BrN4O4/c1-22-10-14(19)15(21-22)11-4-3-5-12(8-11)20-16-13(18(26)27-2)9-23(6-7-24)17(16)25/h3-5,8,10,20,24H,6-7,9H2,1-2H3. The van der Waals surface area contributed by atoms with Gasteiger partial charge in [0.1, 0.15) is 11.4 Å². The number of aliphatic hydroxyl groups is 1. The molecule has 0 radical (unpaired) electrons. The lowest BCUT2D eigenvalue weighted by Crippen LogP contribution is -2.31. The van der Waals surface area contributed by atoms with E-state index < -0.39 is 5.97 Å². The number of halogens is 1. The molecule has 0 atom stereocenters. The largest absolute Gasteiger partial charge is 0.466 e. The number of aliphatic hydroxyl groups excluding tert-OH is 1. The number of nitrogens with zero attached hydrogens (tertiary/aromatic N) is 3. The summed E-state index contributed by atoms with van der Waals surface area (Å²) in [5.41, 5.74) is 2.65. The van der Waals surface area contributed by atoms with Gasteiger partial charge in [0.05, 0.1) is 30.3 Å². The highest BCUT2D eigenvalue weighted by Crippen LogP contribution is 2.29. The van der Waals surface area contributed by atoms with E-state index in [2.05, 4.69) is 26.3 Å². The maximum Gasteiger partial charge on any atom is 0.337 e. The molecule has 1 aromatic carbocycles. The summed E-state index contributed by atoms with van der Waals surface area (Å²) in [7, 11) is 3.10. The summed E-state index contributed by atoms with van der Waals surface area (Å²) in [6, 6.07) is 7.38. The lowest BCUT2D eigenvalue weighted by atomic mass is 10.1. The summed E-state index contributed by atoms with van der Waals surface area (Å²) >= 11 is 3.48. The smallest absolute Gasteiger partial charge is 0.337 e. The minimum Gasteiger partial charge on any atom is -0.466 e. The molecule has 1 aromatic heterocycles. The second kappa shape index (κ2) is 7.93. The zero-order chi connectivity index (χ0) is 19.6. The highest BCUT2D eigenvalue weighted by molar-refractivity contribution is 9.10. The lowest BCUT2D eigenvalue weighted by molar-refractivity contribution is -0.136. The van der Waals surface area contributed by atoms with Gasteiger partial charge in [0.15, 0.2) is 0 Å². The van der Waals surface area contributed by atoms with Crippen molar-refractivity contribution in [2.75, 3.05) is 32.1 Å². The number of benzene rings is 1. The zero-order valence-electron chi connectivity index (χ0n) is 14.9. The van der Waals surface area contributed by atoms with Gasteiger partial charge in [0.2, 0.25) is 0 Å². The van der Waals surface area contributed by atoms with E-state index in [9.17, 15) is 9.59 Å². The van der Waals surface area contributed by atoms with E-state index in [1.165, 1.54) is 12.0 Å². The maximum absolute atomic E-state index is 12.6. The van der Waals surface area contributed by atoms with E-state index in [0.29, 0.717) is 5.69 Å². The molecule has 27 heavy (non-hydrogen) atoms. The van der Waals surface area contributed by atoms with E-state index in [1.54, 1.807) is 10.7 Å². The zero-order valence-corrected chi connectivity index (χ0v) is 16.5. The Bertz CT molecular complexity index is 922. The van der Waals surface area contributed by atoms with E-state index in [1.807, 2.05) is 31.4 Å². The molecular formula is C18H19BrN4O4. The fraction of sp³-hybridized carbons (Fsp3) is 0.278. The first-order valence-electron chi connectivity index (χ1n) is 8.22. The third-order valence-electron chi connectivity index (χ3n) is 4.14. The number of rotatable bonds is 6. The molecule has 0 unspecified atom stereocenters. The van der Waals surface area contributed by atoms with Gasteiger partial charge >= 0.3 is 5.97 Å². The van der Waals surface area contributed by atoms with Crippen LogP contribution in [-0.4, -0.2) is 58.5 Å². The van der Waals surface area contributed by atoms with Crippen molar-refractivity contribution >= 4 is 33.5 Å². The van der Waals surface area contributed by atoms with Crippen molar-refractivity contribution < 1.29 is 19.4 Å². The molecule has 2 N–H and O–H groups in total. The summed E-state index contributed by atoms with van der Waals surface area (Å²) < 4.78 is 7.34. The molecule has 8 nitrogen and oxygen atoms in total. The molecule has 1 aliphatic rings. The van der Waals surface area contributed by atoms with Gasteiger partial charge in [-0.3, -0.25) is 9.48 Å². The van der Waals surface area contributed by atoms with Crippen LogP contribution in [0.2, 0.25) is 0 Å². The van der Waals surface area contributed by atoms with Gasteiger partial charge in [0.25, 0.3) is 5.91 Å². The summed E-state index contributed by atoms with van der Waals surface area (Å²) in [4.78, 5) is 26.1. The fourth-order valence-electron chi connectivity index (χ4n) is 2.89. The number of nitrogens with one attached hydrogen (secondary N) is 1. The molecular weight excluding hydrogens is 416 g/mol. The third kappa shape index (κ3) is 3.88. The Labute approximate surface area is 164 Å². The molecule has 0 aliphatic carbocycles. The number of esters is 1. The number of carbonyl (C=O) groups is 2. The van der Waals surface area contributed by atoms with Crippen molar-refractivity contribution in [2.24, 2.45) is 7.05 Å². The first kappa shape index (κ1) is 19.1. The van der Waals surface area contributed by atoms with Crippen molar-refractivity contribution in [2.45, 2.75) is 0 Å². The van der Waals surface area contributed by atoms with Gasteiger partial charge in [-0.05, 0) is 28.1 Å². The molecule has 0 spiro atoms. The minimum atomic E-state index is -0.574. The Hall–Kier alpha value is -2.65. The van der Waals surface area contributed by atoms with Crippen LogP contribution < -0.4 is 5.32 Å². The second-order valence-electron chi connectivity index (χ2n) is 6.00. The fourth-order valence-corrected chi connectivity index (χ4v) is 3.50. The molecule has 1 aliphatic heterocycles. The average Bonchev–Trinajstić information content (AvgIpc) is 3.15. The van der Waals surface area contributed by atoms with Crippen LogP contribution >= 0.6 is 15.9 Å². The molecule has 142 valence electrons. The van der Waals surface area contributed by atoms with Gasteiger partial charge in [-0.15, -0.1) is 0 Å². The van der Waals surface area contributed by atoms with Crippen LogP contribution in [0.5, 0.6) is 0 Å². The normalized spacial score (nSPS) is 14.1. The number of aryl methyl sites for hydroxylation is 1. The predicted molar refractivity (Wildman–Crippen MR) is 103 cm³/mol. The van der Waals surface area contributed by atoms with Crippen molar-refractivity contribution in [3.63, 3.8) is 0 Å². The predicted octanol–water partition coefficient (Wildman–Crippen LogP) is 1.52. The Morgan fingerprint density at radius 1 is 1.44 bits per heavy atom. The van der Waals surface area contributed by atoms with Crippen molar-refractivity contribution in [1.82, 2.24) is 14.7 Å². The van der Waals surface area contributed by atoms with Crippen LogP contribution in [-0.2, 0) is 21.4 Å². The lowest BCUT2D eigenvalue weighted by Gasteiger charge is -2.15. The topological polar surface area (TPSA) is 96.7 Å². The SMILES string of the molecule is COC(=O)C1=C(Nc2cccc(-c3nn(C)cc3Br)c2)C(=O)N(CCO)C1. The highest BCUT2D eigenvalue weighted by Gasteiger charge is 2.34. The Balaban J connectivity index is 1.93. The number of aromatic nitrogens is 2. The Morgan fingerprint density at radius 3 is 2.85 bits per heavy atom. The maximum atomic E-state index is 12.6. The quantitative estimate of drug-likeness (QED) is 0.669. The van der Waals surface area contributed by atoms with Crippen LogP contribution in [0.4, 0.5) is 5.69 Å². The van der Waals surface area contributed by atoms with E-state index in [4.69, 9.17) is 9.84 Å². The van der Waals surface area contributed by atoms with Crippen LogP contribution in [0, 0.1) is 0 Å². The molecule has 0 bridgehead atoms. The molecule has 2 aromatic rings. The summed E-state index contributed by atoms with van der Waals surface area (Å²) in [5.74, 6) is -0.927. The van der Waals surface area contributed by atoms with E-state index >= 15 is 0 Å². The molecule has 3 rings (SSSR count). The highest BCUT2D eigenvalue weighted by atomic mass is 79.9. The van der Waals surface area contributed by atoms with Crippen LogP contribution in [0.3, 0.4) is 0 Å². The number of anilines is 1.